The van der Waals surface area contributed by atoms with Crippen molar-refractivity contribution in [3.63, 3.8) is 0 Å². The highest BCUT2D eigenvalue weighted by Gasteiger charge is 2.42. The largest absolute Gasteiger partial charge is 0.480 e. The normalized spacial score (nSPS) is 26.1. The van der Waals surface area contributed by atoms with E-state index in [0.29, 0.717) is 25.3 Å². The number of hydrogen-bond acceptors (Lipinski definition) is 3. The van der Waals surface area contributed by atoms with Gasteiger partial charge in [-0.05, 0) is 24.8 Å². The van der Waals surface area contributed by atoms with Crippen LogP contribution in [-0.2, 0) is 16.1 Å². The predicted molar refractivity (Wildman–Crippen MR) is 73.0 cm³/mol. The van der Waals surface area contributed by atoms with E-state index in [2.05, 4.69) is 10.4 Å². The summed E-state index contributed by atoms with van der Waals surface area (Å²) in [6.07, 6.45) is 6.56. The Hall–Kier alpha value is -1.85. The summed E-state index contributed by atoms with van der Waals surface area (Å²) in [7, 11) is 0. The van der Waals surface area contributed by atoms with Crippen LogP contribution in [-0.4, -0.2) is 32.3 Å². The number of aliphatic carboxylic acids is 1. The summed E-state index contributed by atoms with van der Waals surface area (Å²) < 4.78 is 1.66. The molecule has 2 N–H and O–H groups in total. The van der Waals surface area contributed by atoms with Crippen LogP contribution in [0.3, 0.4) is 0 Å². The fourth-order valence-electron chi connectivity index (χ4n) is 2.89. The van der Waals surface area contributed by atoms with E-state index in [4.69, 9.17) is 0 Å². The number of carbonyl (C=O) groups is 2. The lowest BCUT2D eigenvalue weighted by molar-refractivity contribution is -0.150. The van der Waals surface area contributed by atoms with E-state index >= 15 is 0 Å². The van der Waals surface area contributed by atoms with Crippen molar-refractivity contribution in [1.82, 2.24) is 15.1 Å². The average Bonchev–Trinajstić information content (AvgIpc) is 2.89. The summed E-state index contributed by atoms with van der Waals surface area (Å²) in [6.45, 7) is 2.50. The Balaban J connectivity index is 1.94. The van der Waals surface area contributed by atoms with E-state index in [-0.39, 0.29) is 12.3 Å². The molecule has 0 aromatic carbocycles. The fourth-order valence-corrected chi connectivity index (χ4v) is 2.89. The molecule has 1 fully saturated rings. The third-order valence-electron chi connectivity index (χ3n) is 3.91. The van der Waals surface area contributed by atoms with Gasteiger partial charge in [0.05, 0.1) is 0 Å². The van der Waals surface area contributed by atoms with Gasteiger partial charge in [-0.3, -0.25) is 9.48 Å². The molecule has 1 amide bonds. The lowest BCUT2D eigenvalue weighted by Crippen LogP contribution is -2.56. The van der Waals surface area contributed by atoms with Crippen molar-refractivity contribution < 1.29 is 14.7 Å². The first-order valence-corrected chi connectivity index (χ1v) is 7.04. The molecule has 1 aromatic rings. The Morgan fingerprint density at radius 2 is 2.35 bits per heavy atom. The minimum absolute atomic E-state index is 0.225. The first-order chi connectivity index (χ1) is 9.52. The third-order valence-corrected chi connectivity index (χ3v) is 3.91. The van der Waals surface area contributed by atoms with Gasteiger partial charge in [0.15, 0.2) is 0 Å². The zero-order chi connectivity index (χ0) is 14.6. The molecule has 1 aliphatic rings. The molecule has 2 atom stereocenters. The van der Waals surface area contributed by atoms with Crippen molar-refractivity contribution in [2.75, 3.05) is 0 Å². The van der Waals surface area contributed by atoms with Crippen LogP contribution in [0, 0.1) is 5.92 Å². The van der Waals surface area contributed by atoms with Gasteiger partial charge in [0.25, 0.3) is 0 Å². The molecule has 2 unspecified atom stereocenters. The smallest absolute Gasteiger partial charge is 0.329 e. The number of rotatable bonds is 5. The van der Waals surface area contributed by atoms with Crippen molar-refractivity contribution in [2.24, 2.45) is 5.92 Å². The maximum Gasteiger partial charge on any atom is 0.329 e. The van der Waals surface area contributed by atoms with E-state index < -0.39 is 11.5 Å². The molecule has 0 bridgehead atoms. The van der Waals surface area contributed by atoms with Gasteiger partial charge in [-0.2, -0.15) is 5.10 Å². The van der Waals surface area contributed by atoms with Crippen LogP contribution < -0.4 is 5.32 Å². The van der Waals surface area contributed by atoms with Crippen LogP contribution in [0.25, 0.3) is 0 Å². The minimum atomic E-state index is -1.08. The van der Waals surface area contributed by atoms with Gasteiger partial charge in [-0.25, -0.2) is 4.79 Å². The number of aromatic nitrogens is 2. The van der Waals surface area contributed by atoms with Gasteiger partial charge in [0.1, 0.15) is 5.54 Å². The minimum Gasteiger partial charge on any atom is -0.480 e. The molecule has 20 heavy (non-hydrogen) atoms. The monoisotopic (exact) mass is 279 g/mol. The van der Waals surface area contributed by atoms with Crippen LogP contribution >= 0.6 is 0 Å². The van der Waals surface area contributed by atoms with Gasteiger partial charge in [0, 0.05) is 25.4 Å². The van der Waals surface area contributed by atoms with Crippen molar-refractivity contribution in [3.05, 3.63) is 18.5 Å². The fraction of sp³-hybridized carbons (Fsp3) is 0.643. The number of amides is 1. The number of carboxylic acid groups (broad SMARTS) is 1. The average molecular weight is 279 g/mol. The topological polar surface area (TPSA) is 84.2 Å². The second-order valence-corrected chi connectivity index (χ2v) is 5.66. The molecule has 2 rings (SSSR count). The number of aryl methyl sites for hydroxylation is 1. The van der Waals surface area contributed by atoms with Crippen molar-refractivity contribution in [1.29, 1.82) is 0 Å². The summed E-state index contributed by atoms with van der Waals surface area (Å²) in [6, 6.07) is 1.79. The zero-order valence-electron chi connectivity index (χ0n) is 11.7. The molecule has 6 nitrogen and oxygen atoms in total. The van der Waals surface area contributed by atoms with Crippen molar-refractivity contribution in [3.8, 4) is 0 Å². The molecule has 1 aliphatic carbocycles. The molecule has 0 saturated heterocycles. The van der Waals surface area contributed by atoms with Gasteiger partial charge in [0.2, 0.25) is 5.91 Å². The van der Waals surface area contributed by atoms with Crippen LogP contribution in [0.2, 0.25) is 0 Å². The molecular formula is C14H21N3O3. The first kappa shape index (κ1) is 14.6. The van der Waals surface area contributed by atoms with Crippen LogP contribution in [0.5, 0.6) is 0 Å². The van der Waals surface area contributed by atoms with Crippen LogP contribution in [0.1, 0.15) is 39.0 Å². The van der Waals surface area contributed by atoms with Gasteiger partial charge in [-0.1, -0.05) is 19.8 Å². The Morgan fingerprint density at radius 1 is 1.55 bits per heavy atom. The summed E-state index contributed by atoms with van der Waals surface area (Å²) in [5.74, 6) is -0.820. The highest BCUT2D eigenvalue weighted by atomic mass is 16.4. The molecule has 1 heterocycles. The second kappa shape index (κ2) is 6.07. The zero-order valence-corrected chi connectivity index (χ0v) is 11.7. The van der Waals surface area contributed by atoms with Gasteiger partial charge in [-0.15, -0.1) is 0 Å². The molecule has 6 heteroatoms. The summed E-state index contributed by atoms with van der Waals surface area (Å²) in [5.41, 5.74) is -1.08. The van der Waals surface area contributed by atoms with E-state index in [1.165, 1.54) is 0 Å². The molecular weight excluding hydrogens is 258 g/mol. The molecule has 110 valence electrons. The summed E-state index contributed by atoms with van der Waals surface area (Å²) >= 11 is 0. The number of carboxylic acids is 1. The Labute approximate surface area is 118 Å². The maximum absolute atomic E-state index is 12.0. The highest BCUT2D eigenvalue weighted by Crippen LogP contribution is 2.32. The van der Waals surface area contributed by atoms with Gasteiger partial charge < -0.3 is 10.4 Å². The molecule has 0 radical (unpaired) electrons. The quantitative estimate of drug-likeness (QED) is 0.853. The Bertz CT molecular complexity index is 472. The number of nitrogens with zero attached hydrogens (tertiary/aromatic N) is 2. The summed E-state index contributed by atoms with van der Waals surface area (Å²) in [4.78, 5) is 23.6. The van der Waals surface area contributed by atoms with E-state index in [1.807, 2.05) is 6.92 Å². The van der Waals surface area contributed by atoms with Crippen molar-refractivity contribution in [2.45, 2.75) is 51.1 Å². The van der Waals surface area contributed by atoms with Crippen LogP contribution in [0.4, 0.5) is 0 Å². The first-order valence-electron chi connectivity index (χ1n) is 7.04. The second-order valence-electron chi connectivity index (χ2n) is 5.66. The third kappa shape index (κ3) is 3.37. The lowest BCUT2D eigenvalue weighted by atomic mass is 9.76. The Morgan fingerprint density at radius 3 is 2.95 bits per heavy atom. The lowest BCUT2D eigenvalue weighted by Gasteiger charge is -2.37. The number of carbonyl (C=O) groups excluding carboxylic acids is 1. The van der Waals surface area contributed by atoms with Crippen molar-refractivity contribution >= 4 is 11.9 Å². The predicted octanol–water partition coefficient (Wildman–Crippen LogP) is 1.42. The van der Waals surface area contributed by atoms with E-state index in [9.17, 15) is 14.7 Å². The van der Waals surface area contributed by atoms with Gasteiger partial charge >= 0.3 is 5.97 Å². The highest BCUT2D eigenvalue weighted by molar-refractivity contribution is 5.87. The van der Waals surface area contributed by atoms with E-state index in [1.54, 1.807) is 23.1 Å². The standard InChI is InChI=1S/C14H21N3O3/c1-11-4-2-6-14(10-11,13(19)20)16-12(18)5-9-17-8-3-7-15-17/h3,7-8,11H,2,4-6,9-10H2,1H3,(H,16,18)(H,19,20). The molecule has 1 saturated carbocycles. The number of nitrogens with one attached hydrogen (secondary N) is 1. The molecule has 0 spiro atoms. The molecule has 0 aliphatic heterocycles. The molecule has 1 aromatic heterocycles. The number of hydrogen-bond donors (Lipinski definition) is 2. The van der Waals surface area contributed by atoms with E-state index in [0.717, 1.165) is 12.8 Å². The maximum atomic E-state index is 12.0. The Kier molecular flexibility index (Phi) is 4.42. The summed E-state index contributed by atoms with van der Waals surface area (Å²) in [5, 5.41) is 16.2. The van der Waals surface area contributed by atoms with Crippen LogP contribution in [0.15, 0.2) is 18.5 Å². The SMILES string of the molecule is CC1CCCC(NC(=O)CCn2cccn2)(C(=O)O)C1.